The van der Waals surface area contributed by atoms with Gasteiger partial charge in [0.25, 0.3) is 0 Å². The molecule has 0 heterocycles. The molecular formula is C15H20BrNO2. The molecule has 0 saturated carbocycles. The third kappa shape index (κ3) is 2.56. The van der Waals surface area contributed by atoms with E-state index in [-0.39, 0.29) is 0 Å². The van der Waals surface area contributed by atoms with Crippen molar-refractivity contribution in [2.24, 2.45) is 0 Å². The molecule has 2 rings (SSSR count). The summed E-state index contributed by atoms with van der Waals surface area (Å²) in [5.41, 5.74) is 1.71. The Labute approximate surface area is 122 Å². The summed E-state index contributed by atoms with van der Waals surface area (Å²) in [5, 5.41) is 9.75. The van der Waals surface area contributed by atoms with E-state index in [1.165, 1.54) is 11.1 Å². The van der Waals surface area contributed by atoms with E-state index in [1.807, 2.05) is 19.9 Å². The number of rotatable bonds is 4. The number of halogens is 1. The van der Waals surface area contributed by atoms with Crippen molar-refractivity contribution in [2.45, 2.75) is 38.6 Å². The second-order valence-corrected chi connectivity index (χ2v) is 6.01. The van der Waals surface area contributed by atoms with E-state index in [9.17, 15) is 9.90 Å². The van der Waals surface area contributed by atoms with Gasteiger partial charge in [0, 0.05) is 10.9 Å². The van der Waals surface area contributed by atoms with Crippen LogP contribution < -0.4 is 0 Å². The van der Waals surface area contributed by atoms with Crippen LogP contribution >= 0.6 is 15.9 Å². The van der Waals surface area contributed by atoms with Crippen LogP contribution in [0.25, 0.3) is 0 Å². The van der Waals surface area contributed by atoms with Crippen molar-refractivity contribution in [3.8, 4) is 0 Å². The fraction of sp³-hybridized carbons (Fsp3) is 0.533. The number of aliphatic carboxylic acids is 1. The molecule has 1 N–H and O–H groups in total. The number of carboxylic acids is 1. The van der Waals surface area contributed by atoms with Crippen LogP contribution in [-0.4, -0.2) is 34.6 Å². The highest BCUT2D eigenvalue weighted by Gasteiger charge is 2.45. The Morgan fingerprint density at radius 2 is 2.05 bits per heavy atom. The Hall–Kier alpha value is -0.870. The maximum atomic E-state index is 11.9. The van der Waals surface area contributed by atoms with Gasteiger partial charge in [0.05, 0.1) is 0 Å². The number of likely N-dealkylation sites (N-methyl/N-ethyl adjacent to an activating group) is 1. The van der Waals surface area contributed by atoms with E-state index in [0.717, 1.165) is 24.0 Å². The average Bonchev–Trinajstić information content (AvgIpc) is 2.40. The Bertz CT molecular complexity index is 485. The van der Waals surface area contributed by atoms with Crippen LogP contribution in [-0.2, 0) is 17.6 Å². The lowest BCUT2D eigenvalue weighted by molar-refractivity contribution is -0.152. The third-order valence-corrected chi connectivity index (χ3v) is 4.72. The summed E-state index contributed by atoms with van der Waals surface area (Å²) < 4.78 is 1.07. The Balaban J connectivity index is 2.39. The van der Waals surface area contributed by atoms with Crippen molar-refractivity contribution in [1.82, 2.24) is 4.90 Å². The van der Waals surface area contributed by atoms with Crippen LogP contribution in [0.3, 0.4) is 0 Å². The van der Waals surface area contributed by atoms with E-state index in [1.54, 1.807) is 0 Å². The molecule has 3 nitrogen and oxygen atoms in total. The van der Waals surface area contributed by atoms with Gasteiger partial charge in [0.2, 0.25) is 0 Å². The van der Waals surface area contributed by atoms with Gasteiger partial charge in [-0.05, 0) is 49.2 Å². The molecule has 0 aliphatic heterocycles. The SMILES string of the molecule is CCN(CC)C1(C(=O)O)CCc2cc(Br)ccc2C1. The molecule has 0 saturated heterocycles. The summed E-state index contributed by atoms with van der Waals surface area (Å²) in [6, 6.07) is 6.17. The molecule has 0 radical (unpaired) electrons. The van der Waals surface area contributed by atoms with Crippen LogP contribution in [0.4, 0.5) is 0 Å². The second-order valence-electron chi connectivity index (χ2n) is 5.10. The molecule has 1 aromatic rings. The van der Waals surface area contributed by atoms with Crippen LogP contribution in [0.2, 0.25) is 0 Å². The molecule has 0 fully saturated rings. The molecule has 0 bridgehead atoms. The highest BCUT2D eigenvalue weighted by molar-refractivity contribution is 9.10. The van der Waals surface area contributed by atoms with Crippen molar-refractivity contribution in [3.63, 3.8) is 0 Å². The number of nitrogens with zero attached hydrogens (tertiary/aromatic N) is 1. The zero-order chi connectivity index (χ0) is 14.0. The molecule has 1 aromatic carbocycles. The van der Waals surface area contributed by atoms with Crippen LogP contribution in [0.5, 0.6) is 0 Å². The van der Waals surface area contributed by atoms with E-state index in [0.29, 0.717) is 12.8 Å². The van der Waals surface area contributed by atoms with Crippen molar-refractivity contribution in [1.29, 1.82) is 0 Å². The minimum absolute atomic E-state index is 0.604. The lowest BCUT2D eigenvalue weighted by Crippen LogP contribution is -2.57. The Morgan fingerprint density at radius 3 is 2.63 bits per heavy atom. The van der Waals surface area contributed by atoms with Crippen molar-refractivity contribution >= 4 is 21.9 Å². The van der Waals surface area contributed by atoms with Gasteiger partial charge >= 0.3 is 5.97 Å². The summed E-state index contributed by atoms with van der Waals surface area (Å²) in [4.78, 5) is 13.9. The smallest absolute Gasteiger partial charge is 0.324 e. The van der Waals surface area contributed by atoms with Gasteiger partial charge in [-0.15, -0.1) is 0 Å². The fourth-order valence-electron chi connectivity index (χ4n) is 3.16. The van der Waals surface area contributed by atoms with Gasteiger partial charge < -0.3 is 5.11 Å². The monoisotopic (exact) mass is 325 g/mol. The number of carboxylic acid groups (broad SMARTS) is 1. The fourth-order valence-corrected chi connectivity index (χ4v) is 3.57. The molecule has 1 aliphatic carbocycles. The summed E-state index contributed by atoms with van der Waals surface area (Å²) in [7, 11) is 0. The first kappa shape index (κ1) is 14.5. The summed E-state index contributed by atoms with van der Waals surface area (Å²) in [6.45, 7) is 5.61. The zero-order valence-corrected chi connectivity index (χ0v) is 13.0. The molecule has 1 unspecified atom stereocenters. The summed E-state index contributed by atoms with van der Waals surface area (Å²) >= 11 is 3.48. The normalized spacial score (nSPS) is 22.3. The predicted molar refractivity (Wildman–Crippen MR) is 79.5 cm³/mol. The second kappa shape index (κ2) is 5.63. The van der Waals surface area contributed by atoms with Crippen LogP contribution in [0.15, 0.2) is 22.7 Å². The van der Waals surface area contributed by atoms with Crippen LogP contribution in [0.1, 0.15) is 31.4 Å². The molecule has 0 amide bonds. The zero-order valence-electron chi connectivity index (χ0n) is 11.4. The number of benzene rings is 1. The highest BCUT2D eigenvalue weighted by Crippen LogP contribution is 2.34. The molecule has 19 heavy (non-hydrogen) atoms. The Kier molecular flexibility index (Phi) is 4.31. The quantitative estimate of drug-likeness (QED) is 0.924. The summed E-state index contributed by atoms with van der Waals surface area (Å²) in [5.74, 6) is -0.690. The van der Waals surface area contributed by atoms with Gasteiger partial charge in [-0.3, -0.25) is 9.69 Å². The minimum atomic E-state index is -0.732. The van der Waals surface area contributed by atoms with Crippen molar-refractivity contribution in [3.05, 3.63) is 33.8 Å². The van der Waals surface area contributed by atoms with Gasteiger partial charge in [-0.2, -0.15) is 0 Å². The Morgan fingerprint density at radius 1 is 1.37 bits per heavy atom. The topological polar surface area (TPSA) is 40.5 Å². The predicted octanol–water partition coefficient (Wildman–Crippen LogP) is 3.10. The van der Waals surface area contributed by atoms with Crippen LogP contribution in [0, 0.1) is 0 Å². The first-order valence-corrected chi connectivity index (χ1v) is 7.58. The van der Waals surface area contributed by atoms with Gasteiger partial charge in [0.1, 0.15) is 5.54 Å². The van der Waals surface area contributed by atoms with Gasteiger partial charge in [0.15, 0.2) is 0 Å². The number of hydrogen-bond acceptors (Lipinski definition) is 2. The lowest BCUT2D eigenvalue weighted by atomic mass is 9.76. The average molecular weight is 326 g/mol. The number of carbonyl (C=O) groups is 1. The van der Waals surface area contributed by atoms with E-state index in [2.05, 4.69) is 33.0 Å². The maximum Gasteiger partial charge on any atom is 0.324 e. The van der Waals surface area contributed by atoms with Gasteiger partial charge in [-0.25, -0.2) is 0 Å². The first-order chi connectivity index (χ1) is 9.03. The highest BCUT2D eigenvalue weighted by atomic mass is 79.9. The minimum Gasteiger partial charge on any atom is -0.480 e. The van der Waals surface area contributed by atoms with E-state index >= 15 is 0 Å². The molecule has 1 aliphatic rings. The number of hydrogen-bond donors (Lipinski definition) is 1. The van der Waals surface area contributed by atoms with E-state index in [4.69, 9.17) is 0 Å². The molecule has 0 spiro atoms. The third-order valence-electron chi connectivity index (χ3n) is 4.23. The molecule has 4 heteroatoms. The molecule has 104 valence electrons. The lowest BCUT2D eigenvalue weighted by Gasteiger charge is -2.43. The number of aryl methyl sites for hydroxylation is 1. The summed E-state index contributed by atoms with van der Waals surface area (Å²) in [6.07, 6.45) is 2.12. The maximum absolute atomic E-state index is 11.9. The van der Waals surface area contributed by atoms with E-state index < -0.39 is 11.5 Å². The molecule has 1 atom stereocenters. The number of fused-ring (bicyclic) bond motifs is 1. The molecule has 0 aromatic heterocycles. The first-order valence-electron chi connectivity index (χ1n) is 6.79. The molecular weight excluding hydrogens is 306 g/mol. The van der Waals surface area contributed by atoms with Crippen molar-refractivity contribution < 1.29 is 9.90 Å². The van der Waals surface area contributed by atoms with Crippen molar-refractivity contribution in [2.75, 3.05) is 13.1 Å². The standard InChI is InChI=1S/C15H20BrNO2/c1-3-17(4-2)15(14(18)19)8-7-11-9-13(16)6-5-12(11)10-15/h5-6,9H,3-4,7-8,10H2,1-2H3,(H,18,19). The largest absolute Gasteiger partial charge is 0.480 e. The van der Waals surface area contributed by atoms with Gasteiger partial charge in [-0.1, -0.05) is 35.8 Å².